The van der Waals surface area contributed by atoms with Crippen molar-refractivity contribution in [2.24, 2.45) is 0 Å². The summed E-state index contributed by atoms with van der Waals surface area (Å²) in [6.07, 6.45) is 0. The first-order chi connectivity index (χ1) is 7.15. The van der Waals surface area contributed by atoms with Crippen molar-refractivity contribution in [2.75, 3.05) is 12.4 Å². The highest BCUT2D eigenvalue weighted by molar-refractivity contribution is 7.84. The van der Waals surface area contributed by atoms with Gasteiger partial charge < -0.3 is 4.74 Å². The fraction of sp³-hybridized carbons (Fsp3) is 0.300. The molecule has 0 aromatic heterocycles. The molecule has 0 aliphatic carbocycles. The van der Waals surface area contributed by atoms with E-state index in [1.54, 1.807) is 24.3 Å². The molecule has 0 saturated heterocycles. The zero-order valence-electron chi connectivity index (χ0n) is 7.89. The van der Waals surface area contributed by atoms with Crippen LogP contribution in [0.15, 0.2) is 24.3 Å². The van der Waals surface area contributed by atoms with E-state index in [-0.39, 0.29) is 11.9 Å². The highest BCUT2D eigenvalue weighted by Crippen LogP contribution is 2.16. The SMILES string of the molecule is O=C(OCC(S)CS)c1ccccc1Cl. The van der Waals surface area contributed by atoms with E-state index in [9.17, 15) is 4.79 Å². The first-order valence-electron chi connectivity index (χ1n) is 4.35. The molecule has 1 unspecified atom stereocenters. The van der Waals surface area contributed by atoms with Gasteiger partial charge in [0.1, 0.15) is 6.61 Å². The number of benzene rings is 1. The second kappa shape index (κ2) is 6.30. The van der Waals surface area contributed by atoms with Gasteiger partial charge in [-0.05, 0) is 12.1 Å². The van der Waals surface area contributed by atoms with Crippen molar-refractivity contribution in [1.29, 1.82) is 0 Å². The van der Waals surface area contributed by atoms with E-state index in [0.29, 0.717) is 16.3 Å². The van der Waals surface area contributed by atoms with Crippen molar-refractivity contribution in [2.45, 2.75) is 5.25 Å². The summed E-state index contributed by atoms with van der Waals surface area (Å²) in [6, 6.07) is 6.77. The minimum atomic E-state index is -0.429. The van der Waals surface area contributed by atoms with Gasteiger partial charge in [-0.2, -0.15) is 25.3 Å². The zero-order valence-corrected chi connectivity index (χ0v) is 10.4. The Hall–Kier alpha value is -0.320. The number of hydrogen-bond donors (Lipinski definition) is 2. The van der Waals surface area contributed by atoms with Crippen LogP contribution in [0.1, 0.15) is 10.4 Å². The van der Waals surface area contributed by atoms with E-state index in [1.807, 2.05) is 0 Å². The summed E-state index contributed by atoms with van der Waals surface area (Å²) >= 11 is 14.0. The van der Waals surface area contributed by atoms with Crippen molar-refractivity contribution < 1.29 is 9.53 Å². The number of hydrogen-bond acceptors (Lipinski definition) is 4. The molecule has 0 amide bonds. The summed E-state index contributed by atoms with van der Waals surface area (Å²) < 4.78 is 5.01. The first-order valence-corrected chi connectivity index (χ1v) is 5.88. The standard InChI is InChI=1S/C10H11ClO2S2/c11-9-4-2-1-3-8(9)10(12)13-5-7(15)6-14/h1-4,7,14-15H,5-6H2. The predicted molar refractivity (Wildman–Crippen MR) is 68.4 cm³/mol. The zero-order chi connectivity index (χ0) is 11.3. The van der Waals surface area contributed by atoms with Gasteiger partial charge in [0.15, 0.2) is 0 Å². The quantitative estimate of drug-likeness (QED) is 0.645. The van der Waals surface area contributed by atoms with Crippen LogP contribution in [0.25, 0.3) is 0 Å². The third kappa shape index (κ3) is 3.97. The van der Waals surface area contributed by atoms with Crippen molar-refractivity contribution in [3.63, 3.8) is 0 Å². The highest BCUT2D eigenvalue weighted by Gasteiger charge is 2.12. The molecule has 0 fully saturated rings. The summed E-state index contributed by atoms with van der Waals surface area (Å²) in [6.45, 7) is 0.233. The van der Waals surface area contributed by atoms with Gasteiger partial charge >= 0.3 is 5.97 Å². The monoisotopic (exact) mass is 262 g/mol. The molecule has 0 radical (unpaired) electrons. The molecule has 0 aliphatic rings. The summed E-state index contributed by atoms with van der Waals surface area (Å²) in [4.78, 5) is 11.5. The third-order valence-corrected chi connectivity index (χ3v) is 3.10. The molecule has 15 heavy (non-hydrogen) atoms. The molecule has 1 aromatic rings. The number of rotatable bonds is 4. The lowest BCUT2D eigenvalue weighted by Gasteiger charge is -2.09. The second-order valence-electron chi connectivity index (χ2n) is 2.91. The van der Waals surface area contributed by atoms with Crippen LogP contribution in [0, 0.1) is 0 Å². The molecule has 2 nitrogen and oxygen atoms in total. The summed E-state index contributed by atoms with van der Waals surface area (Å²) in [5.41, 5.74) is 0.374. The molecule has 0 heterocycles. The number of ether oxygens (including phenoxy) is 1. The van der Waals surface area contributed by atoms with Crippen LogP contribution in [0.2, 0.25) is 5.02 Å². The number of carbonyl (C=O) groups excluding carboxylic acids is 1. The first kappa shape index (κ1) is 12.7. The third-order valence-electron chi connectivity index (χ3n) is 1.71. The average Bonchev–Trinajstić information content (AvgIpc) is 2.26. The van der Waals surface area contributed by atoms with Gasteiger partial charge in [0.25, 0.3) is 0 Å². The summed E-state index contributed by atoms with van der Waals surface area (Å²) in [5.74, 6) is 0.125. The van der Waals surface area contributed by atoms with Crippen LogP contribution in [-0.4, -0.2) is 23.6 Å². The minimum absolute atomic E-state index is 0.0558. The molecule has 0 saturated carbocycles. The normalized spacial score (nSPS) is 12.2. The average molecular weight is 263 g/mol. The number of thiol groups is 2. The van der Waals surface area contributed by atoms with E-state index >= 15 is 0 Å². The Labute approximate surface area is 105 Å². The Kier molecular flexibility index (Phi) is 5.36. The van der Waals surface area contributed by atoms with Gasteiger partial charge in [-0.3, -0.25) is 0 Å². The van der Waals surface area contributed by atoms with Crippen molar-refractivity contribution in [1.82, 2.24) is 0 Å². The van der Waals surface area contributed by atoms with E-state index in [1.165, 1.54) is 0 Å². The molecule has 0 aliphatic heterocycles. The van der Waals surface area contributed by atoms with Crippen LogP contribution in [-0.2, 0) is 4.74 Å². The number of carbonyl (C=O) groups is 1. The van der Waals surface area contributed by atoms with Crippen LogP contribution in [0.5, 0.6) is 0 Å². The van der Waals surface area contributed by atoms with Crippen LogP contribution in [0.3, 0.4) is 0 Å². The molecule has 0 N–H and O–H groups in total. The second-order valence-corrected chi connectivity index (χ2v) is 4.42. The van der Waals surface area contributed by atoms with Crippen LogP contribution >= 0.6 is 36.9 Å². The molecular formula is C10H11ClO2S2. The van der Waals surface area contributed by atoms with E-state index < -0.39 is 5.97 Å². The minimum Gasteiger partial charge on any atom is -0.461 e. The van der Waals surface area contributed by atoms with Gasteiger partial charge in [0, 0.05) is 11.0 Å². The van der Waals surface area contributed by atoms with Crippen LogP contribution < -0.4 is 0 Å². The Bertz CT molecular complexity index is 344. The molecule has 1 rings (SSSR count). The van der Waals surface area contributed by atoms with E-state index in [4.69, 9.17) is 16.3 Å². The molecular weight excluding hydrogens is 252 g/mol. The maximum absolute atomic E-state index is 11.5. The number of esters is 1. The Morgan fingerprint density at radius 1 is 1.47 bits per heavy atom. The topological polar surface area (TPSA) is 26.3 Å². The molecule has 1 atom stereocenters. The lowest BCUT2D eigenvalue weighted by atomic mass is 10.2. The highest BCUT2D eigenvalue weighted by atomic mass is 35.5. The summed E-state index contributed by atoms with van der Waals surface area (Å²) in [7, 11) is 0. The van der Waals surface area contributed by atoms with E-state index in [0.717, 1.165) is 0 Å². The van der Waals surface area contributed by atoms with Gasteiger partial charge in [-0.15, -0.1) is 0 Å². The van der Waals surface area contributed by atoms with Gasteiger partial charge in [-0.1, -0.05) is 23.7 Å². The largest absolute Gasteiger partial charge is 0.461 e. The molecule has 5 heteroatoms. The fourth-order valence-electron chi connectivity index (χ4n) is 0.929. The summed E-state index contributed by atoms with van der Waals surface area (Å²) in [5, 5.41) is 0.337. The van der Waals surface area contributed by atoms with Gasteiger partial charge in [-0.25, -0.2) is 4.79 Å². The predicted octanol–water partition coefficient (Wildman–Crippen LogP) is 2.73. The number of halogens is 1. The van der Waals surface area contributed by atoms with Gasteiger partial charge in [0.05, 0.1) is 10.6 Å². The van der Waals surface area contributed by atoms with Crippen molar-refractivity contribution >= 4 is 42.8 Å². The maximum Gasteiger partial charge on any atom is 0.339 e. The molecule has 82 valence electrons. The van der Waals surface area contributed by atoms with Crippen molar-refractivity contribution in [3.05, 3.63) is 34.9 Å². The van der Waals surface area contributed by atoms with E-state index in [2.05, 4.69) is 25.3 Å². The Morgan fingerprint density at radius 2 is 2.13 bits per heavy atom. The lowest BCUT2D eigenvalue weighted by Crippen LogP contribution is -2.15. The lowest BCUT2D eigenvalue weighted by molar-refractivity contribution is 0.0512. The maximum atomic E-state index is 11.5. The Morgan fingerprint density at radius 3 is 2.73 bits per heavy atom. The fourth-order valence-corrected chi connectivity index (χ4v) is 1.32. The molecule has 0 bridgehead atoms. The molecule has 1 aromatic carbocycles. The molecule has 0 spiro atoms. The van der Waals surface area contributed by atoms with Crippen LogP contribution in [0.4, 0.5) is 0 Å². The van der Waals surface area contributed by atoms with Crippen molar-refractivity contribution in [3.8, 4) is 0 Å². The smallest absolute Gasteiger partial charge is 0.339 e. The Balaban J connectivity index is 2.58. The van der Waals surface area contributed by atoms with Gasteiger partial charge in [0.2, 0.25) is 0 Å².